The van der Waals surface area contributed by atoms with Crippen molar-refractivity contribution in [2.45, 2.75) is 19.3 Å². The third-order valence-corrected chi connectivity index (χ3v) is 4.18. The Labute approximate surface area is 161 Å². The Morgan fingerprint density at radius 2 is 1.36 bits per heavy atom. The maximum atomic E-state index is 12.6. The van der Waals surface area contributed by atoms with Crippen molar-refractivity contribution in [2.75, 3.05) is 10.6 Å². The molecule has 0 saturated heterocycles. The molecule has 3 aromatic carbocycles. The van der Waals surface area contributed by atoms with Gasteiger partial charge in [-0.1, -0.05) is 42.5 Å². The zero-order valence-corrected chi connectivity index (χ0v) is 14.9. The Balaban J connectivity index is 1.58. The molecule has 0 aliphatic rings. The van der Waals surface area contributed by atoms with Crippen LogP contribution in [-0.4, -0.2) is 0 Å². The van der Waals surface area contributed by atoms with Crippen molar-refractivity contribution in [3.8, 4) is 0 Å². The number of anilines is 2. The lowest BCUT2D eigenvalue weighted by molar-refractivity contribution is -0.137. The minimum absolute atomic E-state index is 0.425. The van der Waals surface area contributed by atoms with Crippen LogP contribution in [0.2, 0.25) is 0 Å². The van der Waals surface area contributed by atoms with Crippen LogP contribution in [0.3, 0.4) is 0 Å². The highest BCUT2D eigenvalue weighted by molar-refractivity contribution is 5.57. The van der Waals surface area contributed by atoms with Crippen molar-refractivity contribution in [2.24, 2.45) is 0 Å². The van der Waals surface area contributed by atoms with Gasteiger partial charge in [-0.3, -0.25) is 0 Å². The molecule has 3 nitrogen and oxygen atoms in total. The topological polar surface area (TPSA) is 28.4 Å². The summed E-state index contributed by atoms with van der Waals surface area (Å²) in [6, 6.07) is 20.2. The lowest BCUT2D eigenvalue weighted by Crippen LogP contribution is -2.06. The van der Waals surface area contributed by atoms with E-state index < -0.39 is 11.7 Å². The minimum atomic E-state index is -4.32. The maximum Gasteiger partial charge on any atom is 0.416 e. The fourth-order valence-electron chi connectivity index (χ4n) is 2.69. The molecule has 0 saturated carbocycles. The van der Waals surface area contributed by atoms with Gasteiger partial charge in [0.15, 0.2) is 5.69 Å². The van der Waals surface area contributed by atoms with E-state index in [-0.39, 0.29) is 0 Å². The van der Waals surface area contributed by atoms with Gasteiger partial charge in [0.25, 0.3) is 0 Å². The molecule has 0 radical (unpaired) electrons. The third kappa shape index (κ3) is 5.27. The fraction of sp³-hybridized carbons (Fsp3) is 0.136. The van der Waals surface area contributed by atoms with Crippen molar-refractivity contribution < 1.29 is 13.2 Å². The molecule has 0 atom stereocenters. The molecular weight excluding hydrogens is 363 g/mol. The quantitative estimate of drug-likeness (QED) is 0.478. The first-order valence-electron chi connectivity index (χ1n) is 8.64. The summed E-state index contributed by atoms with van der Waals surface area (Å²) in [5.74, 6) is 0. The van der Waals surface area contributed by atoms with Crippen molar-refractivity contribution in [3.05, 3.63) is 101 Å². The fourth-order valence-corrected chi connectivity index (χ4v) is 2.69. The molecule has 0 heterocycles. The molecule has 0 unspecified atom stereocenters. The normalized spacial score (nSPS) is 10.9. The van der Waals surface area contributed by atoms with Crippen LogP contribution in [0.4, 0.5) is 30.2 Å². The second-order valence-electron chi connectivity index (χ2n) is 6.26. The molecular formula is C22H18F3N3. The SMILES string of the molecule is [C-]#[N+]c1cccc(CNc2cccc(NCc3ccc(C(F)(F)F)cc3)c2)c1. The molecule has 6 heteroatoms. The molecule has 142 valence electrons. The summed E-state index contributed by atoms with van der Waals surface area (Å²) in [5, 5.41) is 6.52. The third-order valence-electron chi connectivity index (χ3n) is 4.18. The Hall–Kier alpha value is -3.46. The van der Waals surface area contributed by atoms with Gasteiger partial charge < -0.3 is 10.6 Å². The summed E-state index contributed by atoms with van der Waals surface area (Å²) in [4.78, 5) is 3.42. The van der Waals surface area contributed by atoms with Gasteiger partial charge in [0, 0.05) is 24.5 Å². The summed E-state index contributed by atoms with van der Waals surface area (Å²) >= 11 is 0. The second-order valence-corrected chi connectivity index (χ2v) is 6.26. The lowest BCUT2D eigenvalue weighted by atomic mass is 10.1. The van der Waals surface area contributed by atoms with Crippen LogP contribution >= 0.6 is 0 Å². The number of hydrogen-bond acceptors (Lipinski definition) is 2. The molecule has 0 amide bonds. The van der Waals surface area contributed by atoms with Gasteiger partial charge in [0.1, 0.15) is 0 Å². The zero-order chi connectivity index (χ0) is 20.0. The van der Waals surface area contributed by atoms with E-state index in [9.17, 15) is 13.2 Å². The van der Waals surface area contributed by atoms with E-state index in [0.717, 1.165) is 34.6 Å². The molecule has 0 spiro atoms. The first-order chi connectivity index (χ1) is 13.4. The van der Waals surface area contributed by atoms with Crippen molar-refractivity contribution >= 4 is 17.1 Å². The summed E-state index contributed by atoms with van der Waals surface area (Å²) in [7, 11) is 0. The van der Waals surface area contributed by atoms with E-state index in [2.05, 4.69) is 15.5 Å². The Morgan fingerprint density at radius 3 is 1.96 bits per heavy atom. The van der Waals surface area contributed by atoms with Crippen molar-refractivity contribution in [1.29, 1.82) is 0 Å². The van der Waals surface area contributed by atoms with Gasteiger partial charge in [0.05, 0.1) is 12.1 Å². The minimum Gasteiger partial charge on any atom is -0.381 e. The van der Waals surface area contributed by atoms with Crippen LogP contribution < -0.4 is 10.6 Å². The highest BCUT2D eigenvalue weighted by Crippen LogP contribution is 2.29. The summed E-state index contributed by atoms with van der Waals surface area (Å²) in [6.45, 7) is 8.08. The highest BCUT2D eigenvalue weighted by Gasteiger charge is 2.29. The molecule has 28 heavy (non-hydrogen) atoms. The molecule has 0 bridgehead atoms. The number of hydrogen-bond donors (Lipinski definition) is 2. The molecule has 3 rings (SSSR count). The number of rotatable bonds is 6. The number of halogens is 3. The molecule has 0 aromatic heterocycles. The number of benzene rings is 3. The van der Waals surface area contributed by atoms with Crippen LogP contribution in [0.5, 0.6) is 0 Å². The van der Waals surface area contributed by atoms with Gasteiger partial charge in [0.2, 0.25) is 0 Å². The Bertz CT molecular complexity index is 973. The average molecular weight is 381 g/mol. The lowest BCUT2D eigenvalue weighted by Gasteiger charge is -2.11. The molecule has 3 aromatic rings. The first kappa shape index (κ1) is 19.3. The van der Waals surface area contributed by atoms with Crippen LogP contribution in [-0.2, 0) is 19.3 Å². The van der Waals surface area contributed by atoms with Crippen LogP contribution in [0.15, 0.2) is 72.8 Å². The largest absolute Gasteiger partial charge is 0.416 e. The monoisotopic (exact) mass is 381 g/mol. The predicted octanol–water partition coefficient (Wildman–Crippen LogP) is 6.48. The van der Waals surface area contributed by atoms with Crippen LogP contribution in [0.1, 0.15) is 16.7 Å². The van der Waals surface area contributed by atoms with E-state index in [1.54, 1.807) is 6.07 Å². The van der Waals surface area contributed by atoms with Crippen molar-refractivity contribution in [1.82, 2.24) is 0 Å². The van der Waals surface area contributed by atoms with Crippen molar-refractivity contribution in [3.63, 3.8) is 0 Å². The number of nitrogens with one attached hydrogen (secondary N) is 2. The number of alkyl halides is 3. The Kier molecular flexibility index (Phi) is 5.85. The highest BCUT2D eigenvalue weighted by atomic mass is 19.4. The zero-order valence-electron chi connectivity index (χ0n) is 14.9. The maximum absolute atomic E-state index is 12.6. The first-order valence-corrected chi connectivity index (χ1v) is 8.64. The summed E-state index contributed by atoms with van der Waals surface area (Å²) in [5.41, 5.74) is 3.50. The average Bonchev–Trinajstić information content (AvgIpc) is 2.71. The predicted molar refractivity (Wildman–Crippen MR) is 105 cm³/mol. The summed E-state index contributed by atoms with van der Waals surface area (Å²) in [6.07, 6.45) is -4.32. The molecule has 0 aliphatic heterocycles. The van der Waals surface area contributed by atoms with Crippen LogP contribution in [0.25, 0.3) is 4.85 Å². The van der Waals surface area contributed by atoms with Gasteiger partial charge >= 0.3 is 6.18 Å². The molecule has 0 fully saturated rings. The van der Waals surface area contributed by atoms with E-state index in [1.807, 2.05) is 42.5 Å². The van der Waals surface area contributed by atoms with E-state index in [4.69, 9.17) is 6.57 Å². The second kappa shape index (κ2) is 8.49. The van der Waals surface area contributed by atoms with Gasteiger partial charge in [-0.05, 0) is 41.5 Å². The molecule has 0 aliphatic carbocycles. The van der Waals surface area contributed by atoms with Gasteiger partial charge in [-0.2, -0.15) is 13.2 Å². The van der Waals surface area contributed by atoms with Crippen LogP contribution in [0, 0.1) is 6.57 Å². The van der Waals surface area contributed by atoms with E-state index in [1.165, 1.54) is 12.1 Å². The number of nitrogens with zero attached hydrogens (tertiary/aromatic N) is 1. The molecule has 2 N–H and O–H groups in total. The van der Waals surface area contributed by atoms with Gasteiger partial charge in [-0.15, -0.1) is 0 Å². The van der Waals surface area contributed by atoms with Gasteiger partial charge in [-0.25, -0.2) is 4.85 Å². The standard InChI is InChI=1S/C22H18F3N3/c1-26-19-5-2-4-17(12-19)15-28-21-7-3-6-20(13-21)27-14-16-8-10-18(11-9-16)22(23,24)25/h2-13,27-28H,14-15H2. The smallest absolute Gasteiger partial charge is 0.381 e. The Morgan fingerprint density at radius 1 is 0.750 bits per heavy atom. The van der Waals surface area contributed by atoms with E-state index in [0.29, 0.717) is 18.8 Å². The summed E-state index contributed by atoms with van der Waals surface area (Å²) < 4.78 is 37.8. The van der Waals surface area contributed by atoms with E-state index >= 15 is 0 Å².